The van der Waals surface area contributed by atoms with Crippen molar-refractivity contribution in [1.82, 2.24) is 9.97 Å². The molecule has 0 amide bonds. The van der Waals surface area contributed by atoms with Gasteiger partial charge in [0.05, 0.1) is 5.69 Å². The first-order valence-electron chi connectivity index (χ1n) is 8.31. The minimum atomic E-state index is -0.283. The highest BCUT2D eigenvalue weighted by atomic mass is 19.1. The fourth-order valence-corrected chi connectivity index (χ4v) is 3.19. The summed E-state index contributed by atoms with van der Waals surface area (Å²) in [5, 5.41) is 3.07. The normalized spacial score (nSPS) is 18.0. The van der Waals surface area contributed by atoms with Crippen molar-refractivity contribution in [3.8, 4) is 0 Å². The number of halogens is 1. The summed E-state index contributed by atoms with van der Waals surface area (Å²) in [5.41, 5.74) is 0.433. The van der Waals surface area contributed by atoms with E-state index < -0.39 is 0 Å². The topological polar surface area (TPSA) is 41.0 Å². The van der Waals surface area contributed by atoms with Crippen molar-refractivity contribution >= 4 is 17.3 Å². The van der Waals surface area contributed by atoms with Crippen molar-refractivity contribution < 1.29 is 4.39 Å². The van der Waals surface area contributed by atoms with Gasteiger partial charge in [0.1, 0.15) is 23.3 Å². The highest BCUT2D eigenvalue weighted by molar-refractivity contribution is 5.60. The minimum absolute atomic E-state index is 0.283. The largest absolute Gasteiger partial charge is 0.353 e. The number of nitrogens with zero attached hydrogens (tertiary/aromatic N) is 3. The van der Waals surface area contributed by atoms with E-state index in [4.69, 9.17) is 0 Å². The van der Waals surface area contributed by atoms with E-state index in [1.54, 1.807) is 18.2 Å². The fourth-order valence-electron chi connectivity index (χ4n) is 3.19. The molecule has 0 saturated carbocycles. The van der Waals surface area contributed by atoms with Gasteiger partial charge in [0.15, 0.2) is 0 Å². The third kappa shape index (κ3) is 3.60. The standard InChI is InChI=1S/C18H23FN4/c1-3-14-8-6-7-11-23(14)18-12-17(20-13(2)21-18)22-16-10-5-4-9-15(16)19/h4-5,9-10,12,14H,3,6-8,11H2,1-2H3,(H,20,21,22). The maximum absolute atomic E-state index is 13.8. The second kappa shape index (κ2) is 6.94. The SMILES string of the molecule is CCC1CCCCN1c1cc(Nc2ccccc2F)nc(C)n1. The number of hydrogen-bond donors (Lipinski definition) is 1. The van der Waals surface area contributed by atoms with Crippen LogP contribution in [0.4, 0.5) is 21.7 Å². The molecular formula is C18H23FN4. The first kappa shape index (κ1) is 15.7. The number of benzene rings is 1. The number of para-hydroxylation sites is 1. The Bertz CT molecular complexity index is 674. The van der Waals surface area contributed by atoms with Crippen LogP contribution >= 0.6 is 0 Å². The molecule has 1 N–H and O–H groups in total. The maximum atomic E-state index is 13.8. The van der Waals surface area contributed by atoms with Gasteiger partial charge in [-0.25, -0.2) is 14.4 Å². The molecule has 23 heavy (non-hydrogen) atoms. The van der Waals surface area contributed by atoms with E-state index >= 15 is 0 Å². The lowest BCUT2D eigenvalue weighted by Gasteiger charge is -2.36. The number of nitrogens with one attached hydrogen (secondary N) is 1. The molecule has 0 bridgehead atoms. The molecule has 1 aliphatic rings. The number of aryl methyl sites for hydroxylation is 1. The summed E-state index contributed by atoms with van der Waals surface area (Å²) in [7, 11) is 0. The van der Waals surface area contributed by atoms with Crippen molar-refractivity contribution in [1.29, 1.82) is 0 Å². The van der Waals surface area contributed by atoms with Crippen molar-refractivity contribution in [3.05, 3.63) is 42.0 Å². The molecule has 122 valence electrons. The average Bonchev–Trinajstić information content (AvgIpc) is 2.56. The Morgan fingerprint density at radius 2 is 2.09 bits per heavy atom. The van der Waals surface area contributed by atoms with Gasteiger partial charge in [-0.05, 0) is 44.7 Å². The molecule has 3 rings (SSSR count). The van der Waals surface area contributed by atoms with Crippen LogP contribution < -0.4 is 10.2 Å². The zero-order valence-corrected chi connectivity index (χ0v) is 13.7. The van der Waals surface area contributed by atoms with Crippen LogP contribution in [0.1, 0.15) is 38.4 Å². The molecule has 0 radical (unpaired) electrons. The average molecular weight is 314 g/mol. The molecule has 1 aromatic carbocycles. The number of aromatic nitrogens is 2. The summed E-state index contributed by atoms with van der Waals surface area (Å²) in [6, 6.07) is 9.08. The molecule has 1 aliphatic heterocycles. The Hall–Kier alpha value is -2.17. The molecule has 1 unspecified atom stereocenters. The van der Waals surface area contributed by atoms with E-state index in [9.17, 15) is 4.39 Å². The van der Waals surface area contributed by atoms with E-state index in [0.29, 0.717) is 23.4 Å². The number of hydrogen-bond acceptors (Lipinski definition) is 4. The van der Waals surface area contributed by atoms with Crippen LogP contribution in [0.25, 0.3) is 0 Å². The van der Waals surface area contributed by atoms with Crippen molar-refractivity contribution in [2.45, 2.75) is 45.6 Å². The Morgan fingerprint density at radius 3 is 2.87 bits per heavy atom. The van der Waals surface area contributed by atoms with Crippen molar-refractivity contribution in [2.24, 2.45) is 0 Å². The van der Waals surface area contributed by atoms with Crippen molar-refractivity contribution in [3.63, 3.8) is 0 Å². The first-order chi connectivity index (χ1) is 11.2. The van der Waals surface area contributed by atoms with Gasteiger partial charge < -0.3 is 10.2 Å². The molecule has 1 atom stereocenters. The van der Waals surface area contributed by atoms with Gasteiger partial charge in [-0.3, -0.25) is 0 Å². The quantitative estimate of drug-likeness (QED) is 0.906. The molecule has 5 heteroatoms. The summed E-state index contributed by atoms with van der Waals surface area (Å²) in [4.78, 5) is 11.4. The maximum Gasteiger partial charge on any atom is 0.146 e. The van der Waals surface area contributed by atoms with E-state index in [1.165, 1.54) is 25.3 Å². The minimum Gasteiger partial charge on any atom is -0.353 e. The molecule has 2 heterocycles. The number of rotatable bonds is 4. The van der Waals surface area contributed by atoms with Crippen LogP contribution in [0.3, 0.4) is 0 Å². The van der Waals surface area contributed by atoms with Crippen molar-refractivity contribution in [2.75, 3.05) is 16.8 Å². The Kier molecular flexibility index (Phi) is 4.74. The summed E-state index contributed by atoms with van der Waals surface area (Å²) in [6.07, 6.45) is 4.78. The lowest BCUT2D eigenvalue weighted by molar-refractivity contribution is 0.446. The van der Waals surface area contributed by atoms with E-state index in [-0.39, 0.29) is 5.82 Å². The Morgan fingerprint density at radius 1 is 1.26 bits per heavy atom. The van der Waals surface area contributed by atoms with Gasteiger partial charge in [-0.1, -0.05) is 19.1 Å². The molecule has 0 aliphatic carbocycles. The molecule has 1 aromatic heterocycles. The molecule has 1 fully saturated rings. The number of piperidine rings is 1. The highest BCUT2D eigenvalue weighted by Crippen LogP contribution is 2.27. The number of anilines is 3. The smallest absolute Gasteiger partial charge is 0.146 e. The molecular weight excluding hydrogens is 291 g/mol. The molecule has 4 nitrogen and oxygen atoms in total. The monoisotopic (exact) mass is 314 g/mol. The van der Waals surface area contributed by atoms with Crippen LogP contribution in [0, 0.1) is 12.7 Å². The van der Waals surface area contributed by atoms with Gasteiger partial charge in [-0.15, -0.1) is 0 Å². The van der Waals surface area contributed by atoms with Gasteiger partial charge in [-0.2, -0.15) is 0 Å². The third-order valence-electron chi connectivity index (χ3n) is 4.35. The molecule has 1 saturated heterocycles. The molecule has 0 spiro atoms. The summed E-state index contributed by atoms with van der Waals surface area (Å²) in [6.45, 7) is 5.12. The Balaban J connectivity index is 1.88. The fraction of sp³-hybridized carbons (Fsp3) is 0.444. The highest BCUT2D eigenvalue weighted by Gasteiger charge is 2.22. The zero-order valence-electron chi connectivity index (χ0n) is 13.7. The van der Waals surface area contributed by atoms with Gasteiger partial charge in [0.25, 0.3) is 0 Å². The van der Waals surface area contributed by atoms with Crippen LogP contribution in [0.5, 0.6) is 0 Å². The predicted molar refractivity (Wildman–Crippen MR) is 91.7 cm³/mol. The lowest BCUT2D eigenvalue weighted by atomic mass is 10.00. The zero-order chi connectivity index (χ0) is 16.2. The van der Waals surface area contributed by atoms with Gasteiger partial charge in [0, 0.05) is 18.7 Å². The second-order valence-corrected chi connectivity index (χ2v) is 6.01. The molecule has 2 aromatic rings. The lowest BCUT2D eigenvalue weighted by Crippen LogP contribution is -2.39. The predicted octanol–water partition coefficient (Wildman–Crippen LogP) is 4.44. The van der Waals surface area contributed by atoms with E-state index in [1.807, 2.05) is 13.0 Å². The van der Waals surface area contributed by atoms with Gasteiger partial charge >= 0.3 is 0 Å². The summed E-state index contributed by atoms with van der Waals surface area (Å²) < 4.78 is 13.8. The van der Waals surface area contributed by atoms with E-state index in [0.717, 1.165) is 18.8 Å². The van der Waals surface area contributed by atoms with Crippen LogP contribution in [0.15, 0.2) is 30.3 Å². The summed E-state index contributed by atoms with van der Waals surface area (Å²) >= 11 is 0. The first-order valence-corrected chi connectivity index (χ1v) is 8.31. The van der Waals surface area contributed by atoms with Crippen LogP contribution in [-0.4, -0.2) is 22.6 Å². The van der Waals surface area contributed by atoms with Crippen LogP contribution in [0.2, 0.25) is 0 Å². The van der Waals surface area contributed by atoms with Gasteiger partial charge in [0.2, 0.25) is 0 Å². The third-order valence-corrected chi connectivity index (χ3v) is 4.35. The summed E-state index contributed by atoms with van der Waals surface area (Å²) in [5.74, 6) is 1.98. The van der Waals surface area contributed by atoms with Crippen LogP contribution in [-0.2, 0) is 0 Å². The Labute approximate surface area is 136 Å². The second-order valence-electron chi connectivity index (χ2n) is 6.01. The van der Waals surface area contributed by atoms with E-state index in [2.05, 4.69) is 27.1 Å².